The summed E-state index contributed by atoms with van der Waals surface area (Å²) in [7, 11) is 0. The summed E-state index contributed by atoms with van der Waals surface area (Å²) in [6.07, 6.45) is 4.33. The summed E-state index contributed by atoms with van der Waals surface area (Å²) in [5, 5.41) is 5.92. The minimum Gasteiger partial charge on any atom is -0.334 e. The van der Waals surface area contributed by atoms with Gasteiger partial charge in [0.05, 0.1) is 6.54 Å². The van der Waals surface area contributed by atoms with Crippen molar-refractivity contribution in [3.63, 3.8) is 0 Å². The number of para-hydroxylation sites is 1. The predicted octanol–water partition coefficient (Wildman–Crippen LogP) is 2.11. The SMILES string of the molecule is CCc1ccccc1NC(=O)CN1CCN(C(=O)NCc2cccnc2)CC1. The standard InChI is InChI=1S/C21H27N5O2/c1-2-18-7-3-4-8-19(18)24-20(27)16-25-10-12-26(13-11-25)21(28)23-15-17-6-5-9-22-14-17/h3-9,14H,2,10-13,15-16H2,1H3,(H,23,28)(H,24,27). The van der Waals surface area contributed by atoms with Crippen molar-refractivity contribution in [2.45, 2.75) is 19.9 Å². The molecule has 3 amide bonds. The molecule has 1 aliphatic rings. The van der Waals surface area contributed by atoms with Crippen LogP contribution in [0.25, 0.3) is 0 Å². The quantitative estimate of drug-likeness (QED) is 0.803. The van der Waals surface area contributed by atoms with Crippen molar-refractivity contribution in [1.29, 1.82) is 0 Å². The van der Waals surface area contributed by atoms with Crippen molar-refractivity contribution in [3.8, 4) is 0 Å². The number of carbonyl (C=O) groups excluding carboxylic acids is 2. The molecule has 0 bridgehead atoms. The first-order valence-corrected chi connectivity index (χ1v) is 9.67. The van der Waals surface area contributed by atoms with E-state index in [2.05, 4.69) is 27.4 Å². The average Bonchev–Trinajstić information content (AvgIpc) is 2.73. The average molecular weight is 381 g/mol. The number of hydrogen-bond acceptors (Lipinski definition) is 4. The van der Waals surface area contributed by atoms with E-state index in [-0.39, 0.29) is 11.9 Å². The number of rotatable bonds is 6. The normalized spacial score (nSPS) is 14.5. The molecule has 2 heterocycles. The molecule has 0 aliphatic carbocycles. The number of aromatic nitrogens is 1. The van der Waals surface area contributed by atoms with Crippen molar-refractivity contribution >= 4 is 17.6 Å². The highest BCUT2D eigenvalue weighted by atomic mass is 16.2. The molecule has 0 saturated carbocycles. The van der Waals surface area contributed by atoms with E-state index in [1.807, 2.05) is 36.4 Å². The molecule has 3 rings (SSSR count). The number of carbonyl (C=O) groups is 2. The van der Waals surface area contributed by atoms with E-state index >= 15 is 0 Å². The fraction of sp³-hybridized carbons (Fsp3) is 0.381. The fourth-order valence-corrected chi connectivity index (χ4v) is 3.24. The Labute approximate surface area is 165 Å². The van der Waals surface area contributed by atoms with Gasteiger partial charge in [-0.25, -0.2) is 4.79 Å². The molecule has 7 heteroatoms. The molecule has 148 valence electrons. The van der Waals surface area contributed by atoms with E-state index in [0.717, 1.165) is 23.2 Å². The molecule has 0 spiro atoms. The largest absolute Gasteiger partial charge is 0.334 e. The number of anilines is 1. The lowest BCUT2D eigenvalue weighted by Gasteiger charge is -2.34. The fourth-order valence-electron chi connectivity index (χ4n) is 3.24. The summed E-state index contributed by atoms with van der Waals surface area (Å²) in [6.45, 7) is 5.46. The highest BCUT2D eigenvalue weighted by Gasteiger charge is 2.22. The third-order valence-electron chi connectivity index (χ3n) is 4.87. The minimum atomic E-state index is -0.0789. The van der Waals surface area contributed by atoms with Gasteiger partial charge in [0.15, 0.2) is 0 Å². The number of nitrogens with one attached hydrogen (secondary N) is 2. The Morgan fingerprint density at radius 1 is 1.07 bits per heavy atom. The maximum absolute atomic E-state index is 12.4. The Kier molecular flexibility index (Phi) is 6.97. The highest BCUT2D eigenvalue weighted by molar-refractivity contribution is 5.93. The number of aryl methyl sites for hydroxylation is 1. The third-order valence-corrected chi connectivity index (χ3v) is 4.87. The second kappa shape index (κ2) is 9.85. The van der Waals surface area contributed by atoms with Crippen LogP contribution in [0.1, 0.15) is 18.1 Å². The summed E-state index contributed by atoms with van der Waals surface area (Å²) in [5.74, 6) is -0.0182. The first-order valence-electron chi connectivity index (χ1n) is 9.67. The molecule has 0 unspecified atom stereocenters. The van der Waals surface area contributed by atoms with Crippen molar-refractivity contribution in [2.24, 2.45) is 0 Å². The van der Waals surface area contributed by atoms with Gasteiger partial charge in [0, 0.05) is 50.8 Å². The van der Waals surface area contributed by atoms with Gasteiger partial charge in [0.2, 0.25) is 5.91 Å². The van der Waals surface area contributed by atoms with Crippen LogP contribution in [0.3, 0.4) is 0 Å². The molecule has 0 atom stereocenters. The van der Waals surface area contributed by atoms with E-state index in [1.54, 1.807) is 17.3 Å². The number of piperazine rings is 1. The van der Waals surface area contributed by atoms with E-state index in [0.29, 0.717) is 39.3 Å². The van der Waals surface area contributed by atoms with Crippen LogP contribution in [0.4, 0.5) is 10.5 Å². The topological polar surface area (TPSA) is 77.6 Å². The molecular weight excluding hydrogens is 354 g/mol. The van der Waals surface area contributed by atoms with Crippen LogP contribution in [0.15, 0.2) is 48.8 Å². The van der Waals surface area contributed by atoms with Crippen molar-refractivity contribution in [3.05, 3.63) is 59.9 Å². The summed E-state index contributed by atoms with van der Waals surface area (Å²) in [5.41, 5.74) is 2.98. The van der Waals surface area contributed by atoms with Crippen LogP contribution in [0.2, 0.25) is 0 Å². The maximum Gasteiger partial charge on any atom is 0.317 e. The lowest BCUT2D eigenvalue weighted by atomic mass is 10.1. The molecule has 28 heavy (non-hydrogen) atoms. The van der Waals surface area contributed by atoms with Gasteiger partial charge in [-0.1, -0.05) is 31.2 Å². The summed E-state index contributed by atoms with van der Waals surface area (Å²) < 4.78 is 0. The zero-order chi connectivity index (χ0) is 19.8. The van der Waals surface area contributed by atoms with Crippen LogP contribution >= 0.6 is 0 Å². The number of amides is 3. The lowest BCUT2D eigenvalue weighted by Crippen LogP contribution is -2.52. The number of urea groups is 1. The van der Waals surface area contributed by atoms with Crippen molar-refractivity contribution in [1.82, 2.24) is 20.1 Å². The highest BCUT2D eigenvalue weighted by Crippen LogP contribution is 2.15. The smallest absolute Gasteiger partial charge is 0.317 e. The lowest BCUT2D eigenvalue weighted by molar-refractivity contribution is -0.117. The van der Waals surface area contributed by atoms with E-state index < -0.39 is 0 Å². The van der Waals surface area contributed by atoms with Gasteiger partial charge in [0.1, 0.15) is 0 Å². The first kappa shape index (κ1) is 19.8. The van der Waals surface area contributed by atoms with Crippen LogP contribution in [-0.2, 0) is 17.8 Å². The van der Waals surface area contributed by atoms with Crippen LogP contribution in [0.5, 0.6) is 0 Å². The van der Waals surface area contributed by atoms with Gasteiger partial charge in [-0.15, -0.1) is 0 Å². The molecule has 1 aromatic carbocycles. The van der Waals surface area contributed by atoms with Gasteiger partial charge < -0.3 is 15.5 Å². The molecule has 1 aromatic heterocycles. The van der Waals surface area contributed by atoms with Crippen molar-refractivity contribution < 1.29 is 9.59 Å². The molecule has 1 aliphatic heterocycles. The Hall–Kier alpha value is -2.93. The van der Waals surface area contributed by atoms with Crippen LogP contribution in [0, 0.1) is 0 Å². The Bertz CT molecular complexity index is 788. The Morgan fingerprint density at radius 2 is 1.86 bits per heavy atom. The van der Waals surface area contributed by atoms with Gasteiger partial charge in [0.25, 0.3) is 0 Å². The zero-order valence-corrected chi connectivity index (χ0v) is 16.2. The van der Waals surface area contributed by atoms with E-state index in [4.69, 9.17) is 0 Å². The first-order chi connectivity index (χ1) is 13.7. The third kappa shape index (κ3) is 5.53. The Balaban J connectivity index is 1.41. The second-order valence-corrected chi connectivity index (χ2v) is 6.84. The number of benzene rings is 1. The number of pyridine rings is 1. The Morgan fingerprint density at radius 3 is 2.57 bits per heavy atom. The molecule has 2 N–H and O–H groups in total. The van der Waals surface area contributed by atoms with Gasteiger partial charge in [-0.2, -0.15) is 0 Å². The maximum atomic E-state index is 12.4. The van der Waals surface area contributed by atoms with Crippen LogP contribution in [-0.4, -0.2) is 59.4 Å². The summed E-state index contributed by atoms with van der Waals surface area (Å²) in [6, 6.07) is 11.6. The zero-order valence-electron chi connectivity index (χ0n) is 16.2. The summed E-state index contributed by atoms with van der Waals surface area (Å²) in [4.78, 5) is 32.6. The van der Waals surface area contributed by atoms with Gasteiger partial charge >= 0.3 is 6.03 Å². The predicted molar refractivity (Wildman–Crippen MR) is 109 cm³/mol. The van der Waals surface area contributed by atoms with Crippen LogP contribution < -0.4 is 10.6 Å². The monoisotopic (exact) mass is 381 g/mol. The van der Waals surface area contributed by atoms with Gasteiger partial charge in [-0.05, 0) is 29.7 Å². The number of nitrogens with zero attached hydrogens (tertiary/aromatic N) is 3. The molecule has 1 saturated heterocycles. The molecule has 7 nitrogen and oxygen atoms in total. The number of hydrogen-bond donors (Lipinski definition) is 2. The molecule has 2 aromatic rings. The molecule has 1 fully saturated rings. The molecule has 0 radical (unpaired) electrons. The van der Waals surface area contributed by atoms with E-state index in [9.17, 15) is 9.59 Å². The van der Waals surface area contributed by atoms with Gasteiger partial charge in [-0.3, -0.25) is 14.7 Å². The van der Waals surface area contributed by atoms with Crippen molar-refractivity contribution in [2.75, 3.05) is 38.0 Å². The van der Waals surface area contributed by atoms with E-state index in [1.165, 1.54) is 0 Å². The minimum absolute atomic E-state index is 0.0182. The second-order valence-electron chi connectivity index (χ2n) is 6.84. The molecular formula is C21H27N5O2. The summed E-state index contributed by atoms with van der Waals surface area (Å²) >= 11 is 0.